The Hall–Kier alpha value is -2.90. The largest absolute Gasteiger partial charge is 0.475 e. The summed E-state index contributed by atoms with van der Waals surface area (Å²) in [6, 6.07) is 14.5. The molecule has 0 aliphatic rings. The van der Waals surface area contributed by atoms with Crippen LogP contribution in [0.1, 0.15) is 16.7 Å². The average molecular weight is 380 g/mol. The summed E-state index contributed by atoms with van der Waals surface area (Å²) in [6.45, 7) is 7.18. The molecule has 146 valence electrons. The summed E-state index contributed by atoms with van der Waals surface area (Å²) in [4.78, 5) is 25.9. The maximum Gasteiger partial charge on any atom is 0.475 e. The Morgan fingerprint density at radius 3 is 2.39 bits per heavy atom. The molecule has 0 aliphatic heterocycles. The van der Waals surface area contributed by atoms with Gasteiger partial charge in [-0.15, -0.1) is 0 Å². The molecule has 0 bridgehead atoms. The lowest BCUT2D eigenvalue weighted by atomic mass is 9.75. The predicted octanol–water partition coefficient (Wildman–Crippen LogP) is 1.56. The second-order valence-electron chi connectivity index (χ2n) is 6.67. The van der Waals surface area contributed by atoms with E-state index in [1.807, 2.05) is 38.1 Å². The highest BCUT2D eigenvalue weighted by Crippen LogP contribution is 2.14. The molecular weight excluding hydrogens is 355 g/mol. The smallest absolute Gasteiger partial charge is 0.426 e. The van der Waals surface area contributed by atoms with E-state index in [0.717, 1.165) is 22.8 Å². The van der Waals surface area contributed by atoms with Crippen molar-refractivity contribution < 1.29 is 19.6 Å². The van der Waals surface area contributed by atoms with Gasteiger partial charge in [0.1, 0.15) is 6.54 Å². The van der Waals surface area contributed by atoms with Crippen LogP contribution in [-0.2, 0) is 16.0 Å². The minimum absolute atomic E-state index is 0.255. The van der Waals surface area contributed by atoms with Gasteiger partial charge >= 0.3 is 7.12 Å². The first kappa shape index (κ1) is 21.4. The maximum atomic E-state index is 12.5. The number of carbonyl (C=O) groups excluding carboxylic acids is 2. The van der Waals surface area contributed by atoms with E-state index in [4.69, 9.17) is 0 Å². The lowest BCUT2D eigenvalue weighted by Crippen LogP contribution is -2.51. The number of nitrogens with one attached hydrogen (secondary N) is 1. The normalized spacial score (nSPS) is 11.4. The summed E-state index contributed by atoms with van der Waals surface area (Å²) in [5, 5.41) is 22.0. The van der Waals surface area contributed by atoms with Crippen molar-refractivity contribution in [2.45, 2.75) is 26.2 Å². The molecule has 2 rings (SSSR count). The zero-order chi connectivity index (χ0) is 20.7. The number of hydrogen-bond donors (Lipinski definition) is 3. The molecular formula is C21H25BN2O4. The van der Waals surface area contributed by atoms with Gasteiger partial charge < -0.3 is 15.4 Å². The van der Waals surface area contributed by atoms with E-state index in [1.165, 1.54) is 4.90 Å². The Bertz CT molecular complexity index is 840. The molecule has 2 aromatic rings. The van der Waals surface area contributed by atoms with Gasteiger partial charge in [0.15, 0.2) is 0 Å². The number of aryl methyl sites for hydroxylation is 2. The van der Waals surface area contributed by atoms with Crippen LogP contribution in [0.4, 0.5) is 5.69 Å². The highest BCUT2D eigenvalue weighted by Gasteiger charge is 2.27. The molecule has 2 aromatic carbocycles. The molecule has 1 atom stereocenters. The van der Waals surface area contributed by atoms with E-state index >= 15 is 0 Å². The first-order valence-corrected chi connectivity index (χ1v) is 9.02. The van der Waals surface area contributed by atoms with Crippen LogP contribution in [0.25, 0.3) is 0 Å². The van der Waals surface area contributed by atoms with Gasteiger partial charge in [0, 0.05) is 5.69 Å². The van der Waals surface area contributed by atoms with Crippen molar-refractivity contribution in [2.75, 3.05) is 11.4 Å². The first-order chi connectivity index (χ1) is 13.3. The molecule has 3 N–H and O–H groups in total. The average Bonchev–Trinajstić information content (AvgIpc) is 2.68. The molecule has 28 heavy (non-hydrogen) atoms. The van der Waals surface area contributed by atoms with Crippen LogP contribution >= 0.6 is 0 Å². The molecule has 7 heteroatoms. The molecule has 0 heterocycles. The molecule has 0 spiro atoms. The summed E-state index contributed by atoms with van der Waals surface area (Å²) < 4.78 is 0. The second-order valence-corrected chi connectivity index (χ2v) is 6.67. The number of benzene rings is 2. The Labute approximate surface area is 165 Å². The van der Waals surface area contributed by atoms with Gasteiger partial charge in [0.05, 0.1) is 5.94 Å². The fourth-order valence-corrected chi connectivity index (χ4v) is 2.83. The van der Waals surface area contributed by atoms with Gasteiger partial charge in [-0.1, -0.05) is 43.0 Å². The third-order valence-electron chi connectivity index (χ3n) is 4.54. The molecule has 2 amide bonds. The standard InChI is InChI=1S/C21H25BN2O4/c1-4-21(26)24(18-8-6-5-7-9-18)14-20(25)23-19(22(27)28)13-17-11-10-15(2)16(3)12-17/h4-12,19,27-28H,1,13-14H2,2-3H3,(H,23,25). The quantitative estimate of drug-likeness (QED) is 0.479. The van der Waals surface area contributed by atoms with Crippen molar-refractivity contribution in [3.05, 3.63) is 77.9 Å². The van der Waals surface area contributed by atoms with E-state index in [-0.39, 0.29) is 13.0 Å². The Morgan fingerprint density at radius 2 is 1.82 bits per heavy atom. The van der Waals surface area contributed by atoms with Crippen molar-refractivity contribution in [1.29, 1.82) is 0 Å². The highest BCUT2D eigenvalue weighted by molar-refractivity contribution is 6.43. The Kier molecular flexibility index (Phi) is 7.55. The van der Waals surface area contributed by atoms with Crippen LogP contribution in [-0.4, -0.2) is 41.5 Å². The van der Waals surface area contributed by atoms with Crippen LogP contribution in [0.2, 0.25) is 0 Å². The number of hydrogen-bond acceptors (Lipinski definition) is 4. The van der Waals surface area contributed by atoms with E-state index in [2.05, 4.69) is 11.9 Å². The van der Waals surface area contributed by atoms with Crippen molar-refractivity contribution in [3.63, 3.8) is 0 Å². The summed E-state index contributed by atoms with van der Waals surface area (Å²) in [5.74, 6) is -1.82. The summed E-state index contributed by atoms with van der Waals surface area (Å²) in [5.41, 5.74) is 3.65. The monoisotopic (exact) mass is 380 g/mol. The van der Waals surface area contributed by atoms with Crippen molar-refractivity contribution in [2.24, 2.45) is 0 Å². The zero-order valence-electron chi connectivity index (χ0n) is 16.1. The van der Waals surface area contributed by atoms with Gasteiger partial charge in [-0.05, 0) is 55.2 Å². The second kappa shape index (κ2) is 9.87. The Balaban J connectivity index is 2.10. The maximum absolute atomic E-state index is 12.5. The fraction of sp³-hybridized carbons (Fsp3) is 0.238. The molecule has 0 fully saturated rings. The number of rotatable bonds is 8. The SMILES string of the molecule is C=CC(=O)N(CC(=O)NC(Cc1ccc(C)c(C)c1)B(O)O)c1ccccc1. The molecule has 0 saturated carbocycles. The lowest BCUT2D eigenvalue weighted by molar-refractivity contribution is -0.122. The van der Waals surface area contributed by atoms with Crippen LogP contribution in [0.15, 0.2) is 61.2 Å². The third kappa shape index (κ3) is 5.80. The molecule has 0 radical (unpaired) electrons. The van der Waals surface area contributed by atoms with Crippen molar-refractivity contribution in [3.8, 4) is 0 Å². The van der Waals surface area contributed by atoms with Crippen LogP contribution in [0.5, 0.6) is 0 Å². The number of carbonyl (C=O) groups is 2. The van der Waals surface area contributed by atoms with Gasteiger partial charge in [0.2, 0.25) is 5.91 Å². The Morgan fingerprint density at radius 1 is 1.14 bits per heavy atom. The number of para-hydroxylation sites is 1. The molecule has 1 unspecified atom stereocenters. The highest BCUT2D eigenvalue weighted by atomic mass is 16.4. The molecule has 0 saturated heterocycles. The van der Waals surface area contributed by atoms with Crippen LogP contribution in [0, 0.1) is 13.8 Å². The third-order valence-corrected chi connectivity index (χ3v) is 4.54. The minimum atomic E-state index is -1.73. The lowest BCUT2D eigenvalue weighted by Gasteiger charge is -2.23. The van der Waals surface area contributed by atoms with Crippen molar-refractivity contribution >= 4 is 24.6 Å². The van der Waals surface area contributed by atoms with Crippen LogP contribution in [0.3, 0.4) is 0 Å². The zero-order valence-corrected chi connectivity index (χ0v) is 16.1. The molecule has 0 aromatic heterocycles. The van der Waals surface area contributed by atoms with E-state index in [9.17, 15) is 19.6 Å². The number of anilines is 1. The summed E-state index contributed by atoms with van der Waals surface area (Å²) >= 11 is 0. The number of amides is 2. The van der Waals surface area contributed by atoms with E-state index < -0.39 is 24.9 Å². The van der Waals surface area contributed by atoms with E-state index in [0.29, 0.717) is 5.69 Å². The van der Waals surface area contributed by atoms with Gasteiger partial charge in [0.25, 0.3) is 5.91 Å². The topological polar surface area (TPSA) is 89.9 Å². The van der Waals surface area contributed by atoms with Gasteiger partial charge in [-0.2, -0.15) is 0 Å². The first-order valence-electron chi connectivity index (χ1n) is 9.02. The van der Waals surface area contributed by atoms with Gasteiger partial charge in [-0.3, -0.25) is 14.5 Å². The summed E-state index contributed by atoms with van der Waals surface area (Å²) in [7, 11) is -1.73. The van der Waals surface area contributed by atoms with Crippen LogP contribution < -0.4 is 10.2 Å². The van der Waals surface area contributed by atoms with Gasteiger partial charge in [-0.25, -0.2) is 0 Å². The minimum Gasteiger partial charge on any atom is -0.426 e. The predicted molar refractivity (Wildman–Crippen MR) is 111 cm³/mol. The molecule has 6 nitrogen and oxygen atoms in total. The fourth-order valence-electron chi connectivity index (χ4n) is 2.83. The number of nitrogens with zero attached hydrogens (tertiary/aromatic N) is 1. The summed E-state index contributed by atoms with van der Waals surface area (Å²) in [6.07, 6.45) is 1.39. The molecule has 0 aliphatic carbocycles. The van der Waals surface area contributed by atoms with E-state index in [1.54, 1.807) is 24.3 Å². The van der Waals surface area contributed by atoms with Crippen molar-refractivity contribution in [1.82, 2.24) is 5.32 Å².